The third kappa shape index (κ3) is 7.31. The van der Waals surface area contributed by atoms with Crippen LogP contribution < -0.4 is 10.6 Å². The maximum Gasteiger partial charge on any atom is 0.407 e. The third-order valence-corrected chi connectivity index (χ3v) is 5.60. The Kier molecular flexibility index (Phi) is 8.68. The summed E-state index contributed by atoms with van der Waals surface area (Å²) in [6.07, 6.45) is -0.705. The van der Waals surface area contributed by atoms with Gasteiger partial charge in [0.05, 0.1) is 12.0 Å². The first-order valence-electron chi connectivity index (χ1n) is 11.8. The van der Waals surface area contributed by atoms with Gasteiger partial charge in [-0.1, -0.05) is 60.7 Å². The molecule has 0 saturated carbocycles. The van der Waals surface area contributed by atoms with Crippen LogP contribution in [0.4, 0.5) is 4.79 Å². The Labute approximate surface area is 210 Å². The third-order valence-electron chi connectivity index (χ3n) is 5.60. The minimum Gasteiger partial charge on any atom is -0.460 e. The highest BCUT2D eigenvalue weighted by atomic mass is 16.6. The van der Waals surface area contributed by atoms with E-state index < -0.39 is 53.5 Å². The fourth-order valence-electron chi connectivity index (χ4n) is 3.86. The number of amides is 2. The van der Waals surface area contributed by atoms with Crippen molar-refractivity contribution in [3.63, 3.8) is 0 Å². The quantitative estimate of drug-likeness (QED) is 0.237. The predicted octanol–water partition coefficient (Wildman–Crippen LogP) is 3.12. The number of β-lactam (4-membered cyclic amide) rings is 1. The highest BCUT2D eigenvalue weighted by Gasteiger charge is 2.53. The fourth-order valence-corrected chi connectivity index (χ4v) is 3.86. The van der Waals surface area contributed by atoms with Gasteiger partial charge in [-0.05, 0) is 38.8 Å². The van der Waals surface area contributed by atoms with Crippen molar-refractivity contribution in [3.05, 3.63) is 71.8 Å². The number of carbonyl (C=O) groups is 4. The van der Waals surface area contributed by atoms with Crippen molar-refractivity contribution in [3.8, 4) is 0 Å². The van der Waals surface area contributed by atoms with Gasteiger partial charge in [-0.15, -0.1) is 0 Å². The molecule has 0 spiro atoms. The Hall–Kier alpha value is -3.88. The molecule has 1 aliphatic rings. The van der Waals surface area contributed by atoms with Gasteiger partial charge in [0.1, 0.15) is 18.8 Å². The monoisotopic (exact) mass is 496 g/mol. The van der Waals surface area contributed by atoms with Crippen LogP contribution in [0.2, 0.25) is 0 Å². The van der Waals surface area contributed by atoms with Crippen LogP contribution in [0.15, 0.2) is 60.7 Å². The average molecular weight is 497 g/mol. The second-order valence-corrected chi connectivity index (χ2v) is 9.66. The van der Waals surface area contributed by atoms with Crippen molar-refractivity contribution in [2.75, 3.05) is 0 Å². The number of rotatable bonds is 9. The molecule has 9 heteroatoms. The number of nitrogens with one attached hydrogen (secondary N) is 2. The molecule has 2 aromatic carbocycles. The Bertz CT molecular complexity index is 1010. The van der Waals surface area contributed by atoms with E-state index in [1.54, 1.807) is 76.2 Å². The van der Waals surface area contributed by atoms with Crippen molar-refractivity contribution in [2.24, 2.45) is 11.8 Å². The summed E-state index contributed by atoms with van der Waals surface area (Å²) in [5.41, 5.74) is 0.767. The molecule has 3 rings (SSSR count). The number of alkyl carbamates (subject to hydrolysis) is 1. The Morgan fingerprint density at radius 2 is 1.36 bits per heavy atom. The SMILES string of the molecule is CC(NC(=O)OC(C)(C)C)[C@H]1C(=O)N[C@@H]1C(C(=O)OCc1ccccc1)C(=O)OCc1ccccc1. The smallest absolute Gasteiger partial charge is 0.407 e. The van der Waals surface area contributed by atoms with Gasteiger partial charge in [0.25, 0.3) is 0 Å². The van der Waals surface area contributed by atoms with Gasteiger partial charge in [-0.3, -0.25) is 14.4 Å². The minimum atomic E-state index is -1.41. The van der Waals surface area contributed by atoms with E-state index in [2.05, 4.69) is 10.6 Å². The standard InChI is InChI=1S/C27H32N2O7/c1-17(28-26(33)36-27(2,3)4)20-22(29-23(20)30)21(24(31)34-15-18-11-7-5-8-12-18)25(32)35-16-19-13-9-6-10-14-19/h5-14,17,20-22H,15-16H2,1-4H3,(H,28,33)(H,29,30)/t17?,20-,22+/m1/s1. The van der Waals surface area contributed by atoms with Crippen molar-refractivity contribution in [1.82, 2.24) is 10.6 Å². The van der Waals surface area contributed by atoms with Gasteiger partial charge < -0.3 is 24.8 Å². The van der Waals surface area contributed by atoms with E-state index in [0.29, 0.717) is 0 Å². The van der Waals surface area contributed by atoms with Crippen molar-refractivity contribution < 1.29 is 33.4 Å². The summed E-state index contributed by atoms with van der Waals surface area (Å²) in [4.78, 5) is 50.9. The molecule has 1 aliphatic heterocycles. The van der Waals surface area contributed by atoms with Crippen LogP contribution in [0.1, 0.15) is 38.8 Å². The lowest BCUT2D eigenvalue weighted by atomic mass is 9.77. The summed E-state index contributed by atoms with van der Waals surface area (Å²) < 4.78 is 16.1. The van der Waals surface area contributed by atoms with Crippen LogP contribution in [0.5, 0.6) is 0 Å². The van der Waals surface area contributed by atoms with Crippen LogP contribution in [-0.2, 0) is 41.8 Å². The molecule has 192 valence electrons. The van der Waals surface area contributed by atoms with Gasteiger partial charge in [0.2, 0.25) is 5.91 Å². The molecule has 36 heavy (non-hydrogen) atoms. The molecule has 1 fully saturated rings. The molecule has 0 aliphatic carbocycles. The molecule has 0 bridgehead atoms. The number of hydrogen-bond donors (Lipinski definition) is 2. The average Bonchev–Trinajstić information content (AvgIpc) is 2.80. The van der Waals surface area contributed by atoms with Crippen LogP contribution in [-0.4, -0.2) is 41.6 Å². The largest absolute Gasteiger partial charge is 0.460 e. The molecule has 0 aromatic heterocycles. The van der Waals surface area contributed by atoms with E-state index in [1.165, 1.54) is 0 Å². The fraction of sp³-hybridized carbons (Fsp3) is 0.407. The Morgan fingerprint density at radius 1 is 0.889 bits per heavy atom. The summed E-state index contributed by atoms with van der Waals surface area (Å²) in [6, 6.07) is 16.4. The summed E-state index contributed by atoms with van der Waals surface area (Å²) in [5, 5.41) is 5.24. The van der Waals surface area contributed by atoms with Crippen molar-refractivity contribution in [1.29, 1.82) is 0 Å². The molecule has 1 unspecified atom stereocenters. The molecule has 2 aromatic rings. The van der Waals surface area contributed by atoms with Crippen LogP contribution in [0.3, 0.4) is 0 Å². The summed E-state index contributed by atoms with van der Waals surface area (Å²) in [5.74, 6) is -4.33. The summed E-state index contributed by atoms with van der Waals surface area (Å²) in [7, 11) is 0. The zero-order valence-electron chi connectivity index (χ0n) is 20.9. The van der Waals surface area contributed by atoms with Crippen LogP contribution in [0, 0.1) is 11.8 Å². The number of hydrogen-bond acceptors (Lipinski definition) is 7. The molecule has 2 amide bonds. The van der Waals surface area contributed by atoms with E-state index in [9.17, 15) is 19.2 Å². The number of esters is 2. The van der Waals surface area contributed by atoms with E-state index in [4.69, 9.17) is 14.2 Å². The highest BCUT2D eigenvalue weighted by molar-refractivity contribution is 6.00. The van der Waals surface area contributed by atoms with E-state index in [1.807, 2.05) is 12.1 Å². The van der Waals surface area contributed by atoms with E-state index in [0.717, 1.165) is 11.1 Å². The van der Waals surface area contributed by atoms with Crippen molar-refractivity contribution in [2.45, 2.75) is 58.6 Å². The van der Waals surface area contributed by atoms with Gasteiger partial charge in [-0.25, -0.2) is 4.79 Å². The molecule has 0 radical (unpaired) electrons. The van der Waals surface area contributed by atoms with E-state index in [-0.39, 0.29) is 13.2 Å². The number of ether oxygens (including phenoxy) is 3. The molecule has 1 saturated heterocycles. The number of carbonyl (C=O) groups excluding carboxylic acids is 4. The highest BCUT2D eigenvalue weighted by Crippen LogP contribution is 2.28. The maximum atomic E-state index is 13.1. The zero-order chi connectivity index (χ0) is 26.3. The molecule has 3 atom stereocenters. The van der Waals surface area contributed by atoms with Crippen LogP contribution in [0.25, 0.3) is 0 Å². The van der Waals surface area contributed by atoms with Crippen LogP contribution >= 0.6 is 0 Å². The Balaban J connectivity index is 1.74. The van der Waals surface area contributed by atoms with Gasteiger partial charge in [-0.2, -0.15) is 0 Å². The normalized spacial score (nSPS) is 17.9. The number of benzene rings is 2. The molecular formula is C27H32N2O7. The summed E-state index contributed by atoms with van der Waals surface area (Å²) in [6.45, 7) is 6.69. The van der Waals surface area contributed by atoms with Gasteiger partial charge >= 0.3 is 18.0 Å². The molecule has 1 heterocycles. The first-order chi connectivity index (χ1) is 17.0. The zero-order valence-corrected chi connectivity index (χ0v) is 20.9. The lowest BCUT2D eigenvalue weighted by Crippen LogP contribution is -2.69. The summed E-state index contributed by atoms with van der Waals surface area (Å²) >= 11 is 0. The minimum absolute atomic E-state index is 0.0425. The first kappa shape index (κ1) is 26.7. The topological polar surface area (TPSA) is 120 Å². The first-order valence-corrected chi connectivity index (χ1v) is 11.8. The second-order valence-electron chi connectivity index (χ2n) is 9.66. The Morgan fingerprint density at radius 3 is 1.78 bits per heavy atom. The molecule has 2 N–H and O–H groups in total. The van der Waals surface area contributed by atoms with Crippen molar-refractivity contribution >= 4 is 23.9 Å². The molecular weight excluding hydrogens is 464 g/mol. The predicted molar refractivity (Wildman–Crippen MR) is 130 cm³/mol. The maximum absolute atomic E-state index is 13.1. The molecule has 9 nitrogen and oxygen atoms in total. The second kappa shape index (κ2) is 11.7. The van der Waals surface area contributed by atoms with Gasteiger partial charge in [0, 0.05) is 6.04 Å². The van der Waals surface area contributed by atoms with Gasteiger partial charge in [0.15, 0.2) is 5.92 Å². The van der Waals surface area contributed by atoms with E-state index >= 15 is 0 Å². The lowest BCUT2D eigenvalue weighted by molar-refractivity contribution is -0.169. The lowest BCUT2D eigenvalue weighted by Gasteiger charge is -2.42.